The van der Waals surface area contributed by atoms with Gasteiger partial charge in [-0.05, 0) is 12.1 Å². The van der Waals surface area contributed by atoms with E-state index in [4.69, 9.17) is 33.2 Å². The zero-order valence-electron chi connectivity index (χ0n) is 8.04. The number of ether oxygens (including phenoxy) is 1. The Morgan fingerprint density at radius 2 is 2.25 bits per heavy atom. The number of hydrogen-bond acceptors (Lipinski definition) is 4. The van der Waals surface area contributed by atoms with Crippen molar-refractivity contribution in [2.24, 2.45) is 0 Å². The molecule has 0 bridgehead atoms. The molecule has 6 heteroatoms. The van der Waals surface area contributed by atoms with Gasteiger partial charge in [0.25, 0.3) is 0 Å². The van der Waals surface area contributed by atoms with Gasteiger partial charge in [0.2, 0.25) is 0 Å². The number of nitriles is 1. The normalized spacial score (nSPS) is 14.1. The molecule has 0 amide bonds. The SMILES string of the molecule is N#CCN1COC(=O)c2c1ccc(Cl)c2Cl. The van der Waals surface area contributed by atoms with E-state index < -0.39 is 5.97 Å². The van der Waals surface area contributed by atoms with E-state index in [2.05, 4.69) is 0 Å². The topological polar surface area (TPSA) is 53.3 Å². The highest BCUT2D eigenvalue weighted by Crippen LogP contribution is 2.36. The minimum absolute atomic E-state index is 0.0529. The van der Waals surface area contributed by atoms with Gasteiger partial charge in [-0.2, -0.15) is 5.26 Å². The van der Waals surface area contributed by atoms with Crippen molar-refractivity contribution in [3.8, 4) is 6.07 Å². The van der Waals surface area contributed by atoms with Crippen LogP contribution < -0.4 is 4.90 Å². The van der Waals surface area contributed by atoms with Crippen molar-refractivity contribution in [3.05, 3.63) is 27.7 Å². The van der Waals surface area contributed by atoms with Crippen molar-refractivity contribution < 1.29 is 9.53 Å². The Balaban J connectivity index is 2.56. The minimum Gasteiger partial charge on any atom is -0.441 e. The maximum atomic E-state index is 11.5. The first kappa shape index (κ1) is 11.1. The number of benzene rings is 1. The van der Waals surface area contributed by atoms with Crippen LogP contribution in [0.15, 0.2) is 12.1 Å². The van der Waals surface area contributed by atoms with E-state index in [0.29, 0.717) is 5.69 Å². The number of esters is 1. The van der Waals surface area contributed by atoms with Gasteiger partial charge in [0.1, 0.15) is 12.1 Å². The number of hydrogen-bond donors (Lipinski definition) is 0. The smallest absolute Gasteiger partial charge is 0.343 e. The van der Waals surface area contributed by atoms with E-state index in [1.807, 2.05) is 6.07 Å². The number of rotatable bonds is 1. The second-order valence-corrected chi connectivity index (χ2v) is 3.96. The Morgan fingerprint density at radius 1 is 1.50 bits per heavy atom. The molecule has 4 nitrogen and oxygen atoms in total. The second kappa shape index (κ2) is 4.20. The molecule has 1 aliphatic heterocycles. The van der Waals surface area contributed by atoms with Crippen molar-refractivity contribution in [2.75, 3.05) is 18.2 Å². The van der Waals surface area contributed by atoms with Crippen LogP contribution in [0.4, 0.5) is 5.69 Å². The average molecular weight is 257 g/mol. The maximum absolute atomic E-state index is 11.5. The molecule has 0 fully saturated rings. The van der Waals surface area contributed by atoms with Crippen molar-refractivity contribution in [1.82, 2.24) is 0 Å². The van der Waals surface area contributed by atoms with E-state index in [-0.39, 0.29) is 28.9 Å². The third kappa shape index (κ3) is 1.69. The highest BCUT2D eigenvalue weighted by atomic mass is 35.5. The summed E-state index contributed by atoms with van der Waals surface area (Å²) in [7, 11) is 0. The molecule has 0 N–H and O–H groups in total. The largest absolute Gasteiger partial charge is 0.441 e. The molecular weight excluding hydrogens is 251 g/mol. The van der Waals surface area contributed by atoms with Gasteiger partial charge >= 0.3 is 5.97 Å². The van der Waals surface area contributed by atoms with E-state index in [9.17, 15) is 4.79 Å². The molecule has 16 heavy (non-hydrogen) atoms. The van der Waals surface area contributed by atoms with Gasteiger partial charge in [0, 0.05) is 0 Å². The number of nitrogens with zero attached hydrogens (tertiary/aromatic N) is 2. The van der Waals surface area contributed by atoms with Crippen LogP contribution >= 0.6 is 23.2 Å². The summed E-state index contributed by atoms with van der Waals surface area (Å²) in [6.07, 6.45) is 0. The average Bonchev–Trinajstić information content (AvgIpc) is 2.27. The van der Waals surface area contributed by atoms with Gasteiger partial charge in [-0.25, -0.2) is 4.79 Å². The molecular formula is C10H6Cl2N2O2. The standard InChI is InChI=1S/C10H6Cl2N2O2/c11-6-1-2-7-8(9(6)12)10(15)16-5-14(7)4-3-13/h1-2H,4-5H2. The summed E-state index contributed by atoms with van der Waals surface area (Å²) in [4.78, 5) is 13.1. The van der Waals surface area contributed by atoms with Crippen LogP contribution in [-0.4, -0.2) is 19.2 Å². The highest BCUT2D eigenvalue weighted by molar-refractivity contribution is 6.44. The van der Waals surface area contributed by atoms with E-state index >= 15 is 0 Å². The lowest BCUT2D eigenvalue weighted by Gasteiger charge is -2.28. The number of carbonyl (C=O) groups is 1. The predicted molar refractivity (Wildman–Crippen MR) is 59.7 cm³/mol. The van der Waals surface area contributed by atoms with Crippen LogP contribution in [0.3, 0.4) is 0 Å². The van der Waals surface area contributed by atoms with Gasteiger partial charge in [-0.3, -0.25) is 0 Å². The number of fused-ring (bicyclic) bond motifs is 1. The van der Waals surface area contributed by atoms with Crippen molar-refractivity contribution in [3.63, 3.8) is 0 Å². The third-order valence-electron chi connectivity index (χ3n) is 2.23. The summed E-state index contributed by atoms with van der Waals surface area (Å²) in [5.41, 5.74) is 0.794. The Hall–Kier alpha value is -1.44. The van der Waals surface area contributed by atoms with Gasteiger partial charge in [-0.15, -0.1) is 0 Å². The van der Waals surface area contributed by atoms with Crippen LogP contribution in [0.25, 0.3) is 0 Å². The van der Waals surface area contributed by atoms with E-state index in [0.717, 1.165) is 0 Å². The van der Waals surface area contributed by atoms with Gasteiger partial charge in [0.15, 0.2) is 6.73 Å². The maximum Gasteiger partial charge on any atom is 0.343 e. The molecule has 0 saturated heterocycles. The Morgan fingerprint density at radius 3 is 2.94 bits per heavy atom. The van der Waals surface area contributed by atoms with Crippen LogP contribution in [0.5, 0.6) is 0 Å². The van der Waals surface area contributed by atoms with Crippen molar-refractivity contribution in [1.29, 1.82) is 5.26 Å². The van der Waals surface area contributed by atoms with Crippen LogP contribution in [0, 0.1) is 11.3 Å². The fraction of sp³-hybridized carbons (Fsp3) is 0.200. The fourth-order valence-corrected chi connectivity index (χ4v) is 1.89. The quantitative estimate of drug-likeness (QED) is 0.572. The Labute approximate surface area is 102 Å². The predicted octanol–water partition coefficient (Wildman–Crippen LogP) is 2.45. The van der Waals surface area contributed by atoms with Gasteiger partial charge < -0.3 is 9.64 Å². The first-order valence-corrected chi connectivity index (χ1v) is 5.17. The molecule has 1 aromatic rings. The molecule has 1 aromatic carbocycles. The molecule has 82 valence electrons. The van der Waals surface area contributed by atoms with Crippen molar-refractivity contribution >= 4 is 34.9 Å². The molecule has 0 spiro atoms. The zero-order chi connectivity index (χ0) is 11.7. The summed E-state index contributed by atoms with van der Waals surface area (Å²) < 4.78 is 4.90. The molecule has 0 radical (unpaired) electrons. The lowest BCUT2D eigenvalue weighted by molar-refractivity contribution is 0.0484. The molecule has 0 unspecified atom stereocenters. The monoisotopic (exact) mass is 256 g/mol. The lowest BCUT2D eigenvalue weighted by Crippen LogP contribution is -2.34. The van der Waals surface area contributed by atoms with Crippen LogP contribution in [-0.2, 0) is 4.74 Å². The Bertz CT molecular complexity index is 496. The second-order valence-electron chi connectivity index (χ2n) is 3.17. The van der Waals surface area contributed by atoms with Crippen molar-refractivity contribution in [2.45, 2.75) is 0 Å². The molecule has 1 aliphatic rings. The number of anilines is 1. The third-order valence-corrected chi connectivity index (χ3v) is 3.03. The molecule has 1 heterocycles. The molecule has 0 saturated carbocycles. The fourth-order valence-electron chi connectivity index (χ4n) is 1.49. The summed E-state index contributed by atoms with van der Waals surface area (Å²) in [5, 5.41) is 9.09. The zero-order valence-corrected chi connectivity index (χ0v) is 9.55. The molecule has 0 aromatic heterocycles. The molecule has 2 rings (SSSR count). The number of halogens is 2. The number of cyclic esters (lactones) is 1. The van der Waals surface area contributed by atoms with Gasteiger partial charge in [0.05, 0.1) is 21.8 Å². The summed E-state index contributed by atoms with van der Waals surface area (Å²) in [6, 6.07) is 5.23. The first-order chi connectivity index (χ1) is 7.65. The summed E-state index contributed by atoms with van der Waals surface area (Å²) in [5.74, 6) is -0.517. The lowest BCUT2D eigenvalue weighted by atomic mass is 10.1. The highest BCUT2D eigenvalue weighted by Gasteiger charge is 2.27. The first-order valence-electron chi connectivity index (χ1n) is 4.42. The number of carbonyl (C=O) groups excluding carboxylic acids is 1. The molecule has 0 aliphatic carbocycles. The summed E-state index contributed by atoms with van der Waals surface area (Å²) in [6.45, 7) is 0.176. The minimum atomic E-state index is -0.517. The van der Waals surface area contributed by atoms with E-state index in [1.165, 1.54) is 0 Å². The summed E-state index contributed by atoms with van der Waals surface area (Å²) >= 11 is 11.7. The van der Waals surface area contributed by atoms with Gasteiger partial charge in [-0.1, -0.05) is 23.2 Å². The Kier molecular flexibility index (Phi) is 2.90. The molecule has 0 atom stereocenters. The van der Waals surface area contributed by atoms with Crippen LogP contribution in [0.1, 0.15) is 10.4 Å². The van der Waals surface area contributed by atoms with E-state index in [1.54, 1.807) is 17.0 Å². The van der Waals surface area contributed by atoms with Crippen LogP contribution in [0.2, 0.25) is 10.0 Å².